The van der Waals surface area contributed by atoms with E-state index >= 15 is 0 Å². The molecule has 5 atom stereocenters. The molecule has 4 amide bonds. The van der Waals surface area contributed by atoms with Crippen LogP contribution in [0, 0.1) is 0 Å². The van der Waals surface area contributed by atoms with E-state index in [2.05, 4.69) is 10.6 Å². The summed E-state index contributed by atoms with van der Waals surface area (Å²) in [6, 6.07) is 16.3. The predicted molar refractivity (Wildman–Crippen MR) is 183 cm³/mol. The molecule has 15 nitrogen and oxygen atoms in total. The second kappa shape index (κ2) is 17.8. The Morgan fingerprint density at radius 2 is 1.50 bits per heavy atom. The third-order valence-corrected chi connectivity index (χ3v) is 9.24. The minimum Gasteiger partial charge on any atom is -0.480 e. The lowest BCUT2D eigenvalue weighted by atomic mass is 10.1. The molecular weight excluding hydrogens is 670 g/mol. The molecule has 0 radical (unpaired) electrons. The van der Waals surface area contributed by atoms with Gasteiger partial charge in [-0.3, -0.25) is 28.8 Å². The van der Waals surface area contributed by atoms with Crippen LogP contribution < -0.4 is 16.4 Å². The Bertz CT molecular complexity index is 1550. The van der Waals surface area contributed by atoms with Crippen molar-refractivity contribution in [1.82, 2.24) is 20.4 Å². The number of nitrogens with zero attached hydrogens (tertiary/aromatic N) is 2. The van der Waals surface area contributed by atoms with Crippen LogP contribution in [0.3, 0.4) is 0 Å². The van der Waals surface area contributed by atoms with E-state index in [0.717, 1.165) is 22.9 Å². The maximum Gasteiger partial charge on any atom is 0.322 e. The van der Waals surface area contributed by atoms with Crippen molar-refractivity contribution >= 4 is 47.3 Å². The van der Waals surface area contributed by atoms with Gasteiger partial charge >= 0.3 is 11.9 Å². The number of aliphatic carboxylic acids is 2. The van der Waals surface area contributed by atoms with E-state index in [4.69, 9.17) is 15.9 Å². The number of aliphatic hydroxyl groups is 2. The van der Waals surface area contributed by atoms with Crippen molar-refractivity contribution in [1.29, 1.82) is 0 Å². The number of benzene rings is 2. The average molecular weight is 714 g/mol. The van der Waals surface area contributed by atoms with Crippen molar-refractivity contribution in [2.75, 3.05) is 12.3 Å². The highest BCUT2D eigenvalue weighted by Crippen LogP contribution is 2.36. The summed E-state index contributed by atoms with van der Waals surface area (Å²) in [4.78, 5) is 73.6. The summed E-state index contributed by atoms with van der Waals surface area (Å²) in [5.74, 6) is -4.51. The number of likely N-dealkylation sites (tertiary alicyclic amines) is 1. The summed E-state index contributed by atoms with van der Waals surface area (Å²) < 4.78 is 0. The maximum absolute atomic E-state index is 13.0. The molecule has 16 heteroatoms. The number of hydrogen-bond acceptors (Lipinski definition) is 10. The Balaban J connectivity index is 0.000000371. The van der Waals surface area contributed by atoms with E-state index in [-0.39, 0.29) is 43.4 Å². The quantitative estimate of drug-likeness (QED) is 0.133. The first-order chi connectivity index (χ1) is 23.5. The van der Waals surface area contributed by atoms with Gasteiger partial charge in [0.2, 0.25) is 23.6 Å². The van der Waals surface area contributed by atoms with Crippen molar-refractivity contribution in [2.24, 2.45) is 5.73 Å². The van der Waals surface area contributed by atoms with E-state index in [0.29, 0.717) is 6.54 Å². The normalized spacial score (nSPS) is 22.4. The first-order valence-electron chi connectivity index (χ1n) is 15.7. The van der Waals surface area contributed by atoms with Crippen molar-refractivity contribution in [3.8, 4) is 0 Å². The van der Waals surface area contributed by atoms with Crippen LogP contribution in [0.15, 0.2) is 72.8 Å². The molecule has 0 aromatic heterocycles. The third-order valence-electron chi connectivity index (χ3n) is 7.95. The number of nitrogens with one attached hydrogen (secondary N) is 2. The van der Waals surface area contributed by atoms with E-state index < -0.39 is 59.1 Å². The number of hydrogen-bond donors (Lipinski definition) is 7. The molecule has 2 aromatic carbocycles. The lowest BCUT2D eigenvalue weighted by Crippen LogP contribution is -2.50. The number of carbonyl (C=O) groups excluding carboxylic acids is 4. The van der Waals surface area contributed by atoms with Gasteiger partial charge in [-0.2, -0.15) is 0 Å². The fourth-order valence-electron chi connectivity index (χ4n) is 5.10. The number of carboxylic acids is 2. The lowest BCUT2D eigenvalue weighted by molar-refractivity contribution is -0.144. The van der Waals surface area contributed by atoms with Gasteiger partial charge in [0.15, 0.2) is 5.72 Å². The fraction of sp³-hybridized carbons (Fsp3) is 0.412. The van der Waals surface area contributed by atoms with E-state index in [1.807, 2.05) is 60.7 Å². The largest absolute Gasteiger partial charge is 0.480 e. The van der Waals surface area contributed by atoms with Gasteiger partial charge in [-0.15, -0.1) is 11.8 Å². The summed E-state index contributed by atoms with van der Waals surface area (Å²) >= 11 is 1.06. The molecule has 270 valence electrons. The number of thioether (sulfide) groups is 1. The molecule has 0 aliphatic carbocycles. The zero-order valence-electron chi connectivity index (χ0n) is 27.7. The lowest BCUT2D eigenvalue weighted by Gasteiger charge is -2.29. The maximum atomic E-state index is 13.0. The minimum atomic E-state index is -1.41. The van der Waals surface area contributed by atoms with Crippen molar-refractivity contribution in [3.63, 3.8) is 0 Å². The molecule has 2 aromatic rings. The van der Waals surface area contributed by atoms with Gasteiger partial charge < -0.3 is 46.6 Å². The molecular formula is C34H43N5O10S. The Morgan fingerprint density at radius 1 is 0.940 bits per heavy atom. The number of carbonyl (C=O) groups is 6. The van der Waals surface area contributed by atoms with E-state index in [1.165, 1.54) is 28.9 Å². The second-order valence-electron chi connectivity index (χ2n) is 12.2. The van der Waals surface area contributed by atoms with E-state index in [9.17, 15) is 39.0 Å². The molecule has 0 spiro atoms. The topological polar surface area (TPSA) is 240 Å². The van der Waals surface area contributed by atoms with Gasteiger partial charge in [-0.25, -0.2) is 0 Å². The molecule has 1 fully saturated rings. The highest BCUT2D eigenvalue weighted by Gasteiger charge is 2.47. The Morgan fingerprint density at radius 3 is 2.00 bits per heavy atom. The van der Waals surface area contributed by atoms with Crippen LogP contribution in [0.4, 0.5) is 0 Å². The zero-order chi connectivity index (χ0) is 37.1. The Kier molecular flexibility index (Phi) is 14.1. The van der Waals surface area contributed by atoms with Gasteiger partial charge in [0, 0.05) is 37.8 Å². The third kappa shape index (κ3) is 11.7. The van der Waals surface area contributed by atoms with Crippen molar-refractivity contribution in [3.05, 3.63) is 83.9 Å². The van der Waals surface area contributed by atoms with E-state index in [1.54, 1.807) is 6.92 Å². The SMILES string of the molecule is CC1(O)C=CC(=O)N1Cc1ccccc1.CC1(O)CC(SC[C@H](NC(=O)CC[C@H](N)C(=O)O)C(=O)NCC(=O)O)C(=O)N1Cc1ccccc1. The van der Waals surface area contributed by atoms with Gasteiger partial charge in [0.1, 0.15) is 24.4 Å². The number of amides is 4. The summed E-state index contributed by atoms with van der Waals surface area (Å²) in [6.07, 6.45) is 2.59. The minimum absolute atomic E-state index is 0.0756. The molecule has 4 rings (SSSR count). The van der Waals surface area contributed by atoms with Gasteiger partial charge in [-0.1, -0.05) is 60.7 Å². The van der Waals surface area contributed by atoms with Crippen molar-refractivity contribution < 1.29 is 49.2 Å². The zero-order valence-corrected chi connectivity index (χ0v) is 28.5. The molecule has 0 saturated carbocycles. The second-order valence-corrected chi connectivity index (χ2v) is 13.4. The van der Waals surface area contributed by atoms with Gasteiger partial charge in [-0.05, 0) is 37.5 Å². The first kappa shape index (κ1) is 39.7. The monoisotopic (exact) mass is 713 g/mol. The fourth-order valence-corrected chi connectivity index (χ4v) is 6.46. The molecule has 2 aliphatic heterocycles. The number of carboxylic acid groups (broad SMARTS) is 2. The molecule has 2 aliphatic rings. The molecule has 0 bridgehead atoms. The van der Waals surface area contributed by atoms with Crippen LogP contribution in [-0.4, -0.2) is 107 Å². The Hall–Kier alpha value is -4.77. The smallest absolute Gasteiger partial charge is 0.322 e. The van der Waals surface area contributed by atoms with Crippen LogP contribution in [0.1, 0.15) is 44.2 Å². The highest BCUT2D eigenvalue weighted by molar-refractivity contribution is 8.00. The number of rotatable bonds is 15. The van der Waals surface area contributed by atoms with Gasteiger partial charge in [0.25, 0.3) is 0 Å². The van der Waals surface area contributed by atoms with Crippen LogP contribution in [-0.2, 0) is 41.9 Å². The van der Waals surface area contributed by atoms with Crippen LogP contribution in [0.5, 0.6) is 0 Å². The Labute approximate surface area is 293 Å². The molecule has 1 saturated heterocycles. The summed E-state index contributed by atoms with van der Waals surface area (Å²) in [5.41, 5.74) is 4.66. The molecule has 3 unspecified atom stereocenters. The molecule has 8 N–H and O–H groups in total. The highest BCUT2D eigenvalue weighted by atomic mass is 32.2. The van der Waals surface area contributed by atoms with Crippen LogP contribution in [0.25, 0.3) is 0 Å². The average Bonchev–Trinajstić information content (AvgIpc) is 3.45. The first-order valence-corrected chi connectivity index (χ1v) is 16.8. The number of nitrogens with two attached hydrogens (primary N) is 1. The summed E-state index contributed by atoms with van der Waals surface area (Å²) in [6.45, 7) is 3.10. The van der Waals surface area contributed by atoms with Crippen LogP contribution >= 0.6 is 11.8 Å². The standard InChI is InChI=1S/C22H30N4O8S.C12H13NO2/c1-22(34)9-16(20(31)26(22)11-13-5-3-2-4-6-13)35-12-15(19(30)24-10-18(28)29)25-17(27)8-7-14(23)21(32)33;1-12(15)8-7-11(14)13(12)9-10-5-3-2-4-6-10/h2-6,14-16,34H,7-12,23H2,1H3,(H,24,30)(H,25,27)(H,28,29)(H,32,33);2-8,15H,9H2,1H3/t14-,15-,16?,22?;/m0./s1. The predicted octanol–water partition coefficient (Wildman–Crippen LogP) is 0.400. The van der Waals surface area contributed by atoms with Gasteiger partial charge in [0.05, 0.1) is 5.25 Å². The van der Waals surface area contributed by atoms with Crippen LogP contribution in [0.2, 0.25) is 0 Å². The summed E-state index contributed by atoms with van der Waals surface area (Å²) in [5, 5.41) is 42.3. The molecule has 2 heterocycles. The van der Waals surface area contributed by atoms with Crippen molar-refractivity contribution in [2.45, 2.75) is 75.0 Å². The molecule has 50 heavy (non-hydrogen) atoms. The summed E-state index contributed by atoms with van der Waals surface area (Å²) in [7, 11) is 0.